The van der Waals surface area contributed by atoms with Crippen molar-refractivity contribution in [2.24, 2.45) is 5.73 Å². The normalized spacial score (nSPS) is 9.86. The number of carbonyl (C=O) groups is 1. The van der Waals surface area contributed by atoms with Crippen molar-refractivity contribution in [1.29, 1.82) is 0 Å². The molecule has 108 valence electrons. The minimum Gasteiger partial charge on any atom is -0.345 e. The molecule has 0 aliphatic rings. The van der Waals surface area contributed by atoms with Gasteiger partial charge in [0, 0.05) is 12.5 Å². The van der Waals surface area contributed by atoms with E-state index in [0.717, 1.165) is 0 Å². The first kappa shape index (κ1) is 14.7. The zero-order valence-electron chi connectivity index (χ0n) is 11.3. The molecule has 0 bridgehead atoms. The predicted molar refractivity (Wildman–Crippen MR) is 72.5 cm³/mol. The van der Waals surface area contributed by atoms with Gasteiger partial charge in [-0.2, -0.15) is 4.98 Å². The number of rotatable bonds is 3. The molecular weight excluding hydrogens is 275 g/mol. The van der Waals surface area contributed by atoms with Gasteiger partial charge in [0.1, 0.15) is 5.82 Å². The molecule has 0 fully saturated rings. The largest absolute Gasteiger partial charge is 0.345 e. The van der Waals surface area contributed by atoms with E-state index in [1.807, 2.05) is 0 Å². The summed E-state index contributed by atoms with van der Waals surface area (Å²) in [6.45, 7) is 1.88. The molecule has 1 aromatic carbocycles. The van der Waals surface area contributed by atoms with E-state index in [0.29, 0.717) is 17.3 Å². The van der Waals surface area contributed by atoms with E-state index in [4.69, 9.17) is 10.3 Å². The van der Waals surface area contributed by atoms with Gasteiger partial charge in [0.15, 0.2) is 5.82 Å². The van der Waals surface area contributed by atoms with Gasteiger partial charge in [-0.05, 0) is 18.2 Å². The lowest BCUT2D eigenvalue weighted by molar-refractivity contribution is 0.0945. The summed E-state index contributed by atoms with van der Waals surface area (Å²) in [4.78, 5) is 15.9. The third kappa shape index (κ3) is 3.87. The van der Waals surface area contributed by atoms with E-state index >= 15 is 0 Å². The third-order valence-electron chi connectivity index (χ3n) is 2.52. The first-order valence-electron chi connectivity index (χ1n) is 6.16. The fourth-order valence-electron chi connectivity index (χ4n) is 1.60. The van der Waals surface area contributed by atoms with Crippen molar-refractivity contribution in [3.05, 3.63) is 46.9 Å². The molecule has 0 radical (unpaired) electrons. The number of amides is 1. The first-order valence-corrected chi connectivity index (χ1v) is 6.16. The molecule has 2 rings (SSSR count). The van der Waals surface area contributed by atoms with Crippen molar-refractivity contribution in [2.75, 3.05) is 6.54 Å². The number of nitrogens with one attached hydrogen (secondary N) is 1. The smallest absolute Gasteiger partial charge is 0.254 e. The standard InChI is InChI=1S/C14H13FN4O2/c1-9-18-13(19-21-9)8-17-14(20)11-7-10(3-2-6-16)4-5-12(11)15/h4-5,7H,6,8,16H2,1H3,(H,17,20). The molecule has 1 aromatic heterocycles. The second kappa shape index (κ2) is 6.63. The second-order valence-electron chi connectivity index (χ2n) is 4.11. The Morgan fingerprint density at radius 1 is 1.52 bits per heavy atom. The Balaban J connectivity index is 2.10. The van der Waals surface area contributed by atoms with Gasteiger partial charge >= 0.3 is 0 Å². The number of aryl methyl sites for hydroxylation is 1. The van der Waals surface area contributed by atoms with Crippen molar-refractivity contribution < 1.29 is 13.7 Å². The molecule has 0 aliphatic carbocycles. The van der Waals surface area contributed by atoms with Gasteiger partial charge in [0.25, 0.3) is 5.91 Å². The zero-order chi connectivity index (χ0) is 15.2. The third-order valence-corrected chi connectivity index (χ3v) is 2.52. The monoisotopic (exact) mass is 288 g/mol. The van der Waals surface area contributed by atoms with Gasteiger partial charge in [-0.1, -0.05) is 17.0 Å². The maximum Gasteiger partial charge on any atom is 0.254 e. The molecular formula is C14H13FN4O2. The summed E-state index contributed by atoms with van der Waals surface area (Å²) < 4.78 is 18.5. The quantitative estimate of drug-likeness (QED) is 0.813. The van der Waals surface area contributed by atoms with Gasteiger partial charge in [-0.25, -0.2) is 4.39 Å². The zero-order valence-corrected chi connectivity index (χ0v) is 11.3. The molecule has 21 heavy (non-hydrogen) atoms. The summed E-state index contributed by atoms with van der Waals surface area (Å²) in [5.74, 6) is 4.89. The summed E-state index contributed by atoms with van der Waals surface area (Å²) in [5.41, 5.74) is 5.69. The summed E-state index contributed by atoms with van der Waals surface area (Å²) in [6.07, 6.45) is 0. The summed E-state index contributed by atoms with van der Waals surface area (Å²) >= 11 is 0. The van der Waals surface area contributed by atoms with Crippen LogP contribution in [0.2, 0.25) is 0 Å². The molecule has 6 nitrogen and oxygen atoms in total. The lowest BCUT2D eigenvalue weighted by atomic mass is 10.1. The van der Waals surface area contributed by atoms with Crippen LogP contribution in [0, 0.1) is 24.6 Å². The fraction of sp³-hybridized carbons (Fsp3) is 0.214. The lowest BCUT2D eigenvalue weighted by Crippen LogP contribution is -2.24. The van der Waals surface area contributed by atoms with Crippen molar-refractivity contribution in [3.63, 3.8) is 0 Å². The molecule has 3 N–H and O–H groups in total. The molecule has 1 amide bonds. The van der Waals surface area contributed by atoms with Crippen molar-refractivity contribution in [3.8, 4) is 11.8 Å². The van der Waals surface area contributed by atoms with Crippen LogP contribution in [0.1, 0.15) is 27.6 Å². The molecule has 0 aliphatic heterocycles. The van der Waals surface area contributed by atoms with Crippen LogP contribution >= 0.6 is 0 Å². The highest BCUT2D eigenvalue weighted by molar-refractivity contribution is 5.94. The maximum absolute atomic E-state index is 13.7. The van der Waals surface area contributed by atoms with Crippen LogP contribution < -0.4 is 11.1 Å². The SMILES string of the molecule is Cc1nc(CNC(=O)c2cc(C#CCN)ccc2F)no1. The molecule has 0 saturated carbocycles. The number of nitrogens with two attached hydrogens (primary N) is 1. The van der Waals surface area contributed by atoms with E-state index in [1.165, 1.54) is 18.2 Å². The van der Waals surface area contributed by atoms with Crippen LogP contribution in [-0.4, -0.2) is 22.6 Å². The Bertz CT molecular complexity index is 715. The summed E-state index contributed by atoms with van der Waals surface area (Å²) in [7, 11) is 0. The minimum atomic E-state index is -0.630. The number of hydrogen-bond acceptors (Lipinski definition) is 5. The molecule has 7 heteroatoms. The van der Waals surface area contributed by atoms with Crippen LogP contribution in [-0.2, 0) is 6.54 Å². The van der Waals surface area contributed by atoms with Gasteiger partial charge < -0.3 is 15.6 Å². The molecule has 2 aromatic rings. The van der Waals surface area contributed by atoms with E-state index in [1.54, 1.807) is 6.92 Å². The Hall–Kier alpha value is -2.72. The Labute approximate surface area is 120 Å². The van der Waals surface area contributed by atoms with Gasteiger partial charge in [-0.15, -0.1) is 0 Å². The second-order valence-corrected chi connectivity index (χ2v) is 4.11. The number of hydrogen-bond donors (Lipinski definition) is 2. The number of benzene rings is 1. The van der Waals surface area contributed by atoms with Crippen LogP contribution in [0.15, 0.2) is 22.7 Å². The Kier molecular flexibility index (Phi) is 4.64. The van der Waals surface area contributed by atoms with E-state index in [2.05, 4.69) is 27.3 Å². The van der Waals surface area contributed by atoms with Gasteiger partial charge in [0.2, 0.25) is 5.89 Å². The Morgan fingerprint density at radius 2 is 2.33 bits per heavy atom. The molecule has 0 unspecified atom stereocenters. The van der Waals surface area contributed by atoms with Gasteiger partial charge in [-0.3, -0.25) is 4.79 Å². The molecule has 0 spiro atoms. The molecule has 1 heterocycles. The van der Waals surface area contributed by atoms with E-state index in [-0.39, 0.29) is 18.7 Å². The average Bonchev–Trinajstić information content (AvgIpc) is 2.89. The number of nitrogens with zero attached hydrogens (tertiary/aromatic N) is 2. The molecule has 0 saturated heterocycles. The fourth-order valence-corrected chi connectivity index (χ4v) is 1.60. The highest BCUT2D eigenvalue weighted by Crippen LogP contribution is 2.10. The molecule has 0 atom stereocenters. The van der Waals surface area contributed by atoms with Crippen LogP contribution in [0.4, 0.5) is 4.39 Å². The number of carbonyl (C=O) groups excluding carboxylic acids is 1. The average molecular weight is 288 g/mol. The van der Waals surface area contributed by atoms with E-state index < -0.39 is 11.7 Å². The maximum atomic E-state index is 13.7. The van der Waals surface area contributed by atoms with Crippen molar-refractivity contribution in [1.82, 2.24) is 15.5 Å². The van der Waals surface area contributed by atoms with Gasteiger partial charge in [0.05, 0.1) is 18.7 Å². The highest BCUT2D eigenvalue weighted by atomic mass is 19.1. The van der Waals surface area contributed by atoms with Crippen molar-refractivity contribution in [2.45, 2.75) is 13.5 Å². The number of aromatic nitrogens is 2. The van der Waals surface area contributed by atoms with Crippen LogP contribution in [0.5, 0.6) is 0 Å². The highest BCUT2D eigenvalue weighted by Gasteiger charge is 2.13. The summed E-state index contributed by atoms with van der Waals surface area (Å²) in [6, 6.07) is 4.04. The topological polar surface area (TPSA) is 94.0 Å². The van der Waals surface area contributed by atoms with Crippen molar-refractivity contribution >= 4 is 5.91 Å². The van der Waals surface area contributed by atoms with E-state index in [9.17, 15) is 9.18 Å². The van der Waals surface area contributed by atoms with Crippen LogP contribution in [0.3, 0.4) is 0 Å². The van der Waals surface area contributed by atoms with Crippen LogP contribution in [0.25, 0.3) is 0 Å². The lowest BCUT2D eigenvalue weighted by Gasteiger charge is -2.04. The minimum absolute atomic E-state index is 0.0499. The Morgan fingerprint density at radius 3 is 3.00 bits per heavy atom. The number of halogens is 1. The first-order chi connectivity index (χ1) is 10.1. The predicted octanol–water partition coefficient (Wildman–Crippen LogP) is 0.757. The summed E-state index contributed by atoms with van der Waals surface area (Å²) in [5, 5.41) is 6.15.